The predicted octanol–water partition coefficient (Wildman–Crippen LogP) is 8.12. The van der Waals surface area contributed by atoms with Crippen molar-refractivity contribution in [1.82, 2.24) is 0 Å². The number of hydrogen-bond donors (Lipinski definition) is 0. The van der Waals surface area contributed by atoms with Crippen LogP contribution in [0.3, 0.4) is 0 Å². The fraction of sp³-hybridized carbons (Fsp3) is 0.962. The highest BCUT2D eigenvalue weighted by molar-refractivity contribution is 8.22. The van der Waals surface area contributed by atoms with Gasteiger partial charge in [-0.25, -0.2) is 0 Å². The molecule has 0 amide bonds. The monoisotopic (exact) mass is 436 g/mol. The van der Waals surface area contributed by atoms with Crippen LogP contribution in [-0.2, 0) is 4.74 Å². The Kier molecular flexibility index (Phi) is 6.97. The summed E-state index contributed by atoms with van der Waals surface area (Å²) >= 11 is 6.73. The number of ether oxygens (including phenoxy) is 1. The zero-order chi connectivity index (χ0) is 20.6. The lowest BCUT2D eigenvalue weighted by Gasteiger charge is -2.61. The zero-order valence-corrected chi connectivity index (χ0v) is 21.0. The zero-order valence-electron chi connectivity index (χ0n) is 19.4. The Morgan fingerprint density at radius 3 is 2.59 bits per heavy atom. The van der Waals surface area contributed by atoms with Crippen molar-refractivity contribution >= 4 is 28.4 Å². The second kappa shape index (κ2) is 9.00. The maximum absolute atomic E-state index is 5.66. The van der Waals surface area contributed by atoms with Gasteiger partial charge in [0.15, 0.2) is 0 Å². The summed E-state index contributed by atoms with van der Waals surface area (Å²) in [5.74, 6) is 5.88. The Morgan fingerprint density at radius 1 is 1.00 bits per heavy atom. The van der Waals surface area contributed by atoms with Crippen molar-refractivity contribution in [3.8, 4) is 0 Å². The van der Waals surface area contributed by atoms with Gasteiger partial charge in [0.1, 0.15) is 0 Å². The predicted molar refractivity (Wildman–Crippen MR) is 130 cm³/mol. The van der Waals surface area contributed by atoms with Crippen LogP contribution in [0.15, 0.2) is 0 Å². The smallest absolute Gasteiger partial charge is 0.219 e. The van der Waals surface area contributed by atoms with Gasteiger partial charge in [-0.1, -0.05) is 45.4 Å². The van der Waals surface area contributed by atoms with Crippen LogP contribution < -0.4 is 0 Å². The number of thiocarbonyl (C=S) groups is 1. The van der Waals surface area contributed by atoms with E-state index in [-0.39, 0.29) is 0 Å². The van der Waals surface area contributed by atoms with Gasteiger partial charge in [-0.3, -0.25) is 0 Å². The summed E-state index contributed by atoms with van der Waals surface area (Å²) in [5.41, 5.74) is 1.28. The van der Waals surface area contributed by atoms with Crippen LogP contribution >= 0.6 is 24.0 Å². The van der Waals surface area contributed by atoms with Crippen LogP contribution in [0.25, 0.3) is 0 Å². The van der Waals surface area contributed by atoms with Crippen molar-refractivity contribution in [2.75, 3.05) is 12.9 Å². The van der Waals surface area contributed by atoms with E-state index in [1.807, 2.05) is 6.26 Å². The van der Waals surface area contributed by atoms with Gasteiger partial charge >= 0.3 is 0 Å². The van der Waals surface area contributed by atoms with Crippen LogP contribution in [0.4, 0.5) is 0 Å². The summed E-state index contributed by atoms with van der Waals surface area (Å²) in [6.07, 6.45) is 19.6. The fourth-order valence-electron chi connectivity index (χ4n) is 9.09. The van der Waals surface area contributed by atoms with Gasteiger partial charge in [0.2, 0.25) is 4.38 Å². The minimum absolute atomic E-state index is 0.605. The van der Waals surface area contributed by atoms with Gasteiger partial charge in [0.05, 0.1) is 6.61 Å². The lowest BCUT2D eigenvalue weighted by atomic mass is 9.44. The van der Waals surface area contributed by atoms with Gasteiger partial charge in [-0.2, -0.15) is 0 Å². The van der Waals surface area contributed by atoms with E-state index in [1.165, 1.54) is 64.2 Å². The molecule has 0 spiro atoms. The first-order valence-corrected chi connectivity index (χ1v) is 14.2. The lowest BCUT2D eigenvalue weighted by molar-refractivity contribution is -0.114. The van der Waals surface area contributed by atoms with Crippen molar-refractivity contribution in [3.63, 3.8) is 0 Å². The normalized spacial score (nSPS) is 45.0. The average molecular weight is 437 g/mol. The van der Waals surface area contributed by atoms with E-state index in [9.17, 15) is 0 Å². The molecule has 166 valence electrons. The third kappa shape index (κ3) is 4.06. The summed E-state index contributed by atoms with van der Waals surface area (Å²) in [7, 11) is 0. The first-order chi connectivity index (χ1) is 13.9. The molecule has 0 aromatic carbocycles. The molecule has 1 nitrogen and oxygen atoms in total. The first kappa shape index (κ1) is 22.4. The van der Waals surface area contributed by atoms with Crippen molar-refractivity contribution in [3.05, 3.63) is 0 Å². The summed E-state index contributed by atoms with van der Waals surface area (Å²) in [4.78, 5) is 0. The number of rotatable bonds is 5. The van der Waals surface area contributed by atoms with E-state index >= 15 is 0 Å². The second-order valence-corrected chi connectivity index (χ2v) is 13.0. The molecule has 8 unspecified atom stereocenters. The summed E-state index contributed by atoms with van der Waals surface area (Å²) < 4.78 is 6.37. The third-order valence-corrected chi connectivity index (χ3v) is 11.6. The van der Waals surface area contributed by atoms with Crippen molar-refractivity contribution in [2.45, 2.75) is 97.8 Å². The highest BCUT2D eigenvalue weighted by Gasteiger charge is 2.59. The fourth-order valence-corrected chi connectivity index (χ4v) is 9.38. The van der Waals surface area contributed by atoms with Gasteiger partial charge < -0.3 is 4.74 Å². The van der Waals surface area contributed by atoms with Gasteiger partial charge in [0, 0.05) is 0 Å². The number of thioether (sulfide) groups is 1. The highest BCUT2D eigenvalue weighted by atomic mass is 32.2. The van der Waals surface area contributed by atoms with E-state index in [0.717, 1.165) is 48.5 Å². The Bertz CT molecular complexity index is 591. The molecule has 0 saturated heterocycles. The summed E-state index contributed by atoms with van der Waals surface area (Å²) in [6, 6.07) is 0. The maximum Gasteiger partial charge on any atom is 0.219 e. The Balaban J connectivity index is 1.39. The molecule has 8 atom stereocenters. The largest absolute Gasteiger partial charge is 0.479 e. The Morgan fingerprint density at radius 2 is 1.79 bits per heavy atom. The third-order valence-electron chi connectivity index (χ3n) is 10.5. The van der Waals surface area contributed by atoms with Crippen molar-refractivity contribution < 1.29 is 4.74 Å². The minimum atomic E-state index is 0.605. The first-order valence-electron chi connectivity index (χ1n) is 12.6. The van der Waals surface area contributed by atoms with Crippen molar-refractivity contribution in [2.24, 2.45) is 46.3 Å². The van der Waals surface area contributed by atoms with Crippen LogP contribution in [0.1, 0.15) is 97.8 Å². The summed E-state index contributed by atoms with van der Waals surface area (Å²) in [5, 5.41) is 0. The SMILES string of the molecule is CSC(=S)OCCCC(C)C1CCC2C3CCC4CCCCC4(C)C3CCC12C. The number of hydrogen-bond acceptors (Lipinski definition) is 3. The van der Waals surface area contributed by atoms with E-state index in [1.54, 1.807) is 18.2 Å². The molecule has 0 aliphatic heterocycles. The molecule has 4 aliphatic rings. The highest BCUT2D eigenvalue weighted by Crippen LogP contribution is 2.68. The standard InChI is InChI=1S/C26H44OS2/c1-18(8-7-17-27-24(28)29-4)21-12-13-22-20-11-10-19-9-5-6-15-25(19,2)23(20)14-16-26(21,22)3/h18-23H,5-17H2,1-4H3. The van der Waals surface area contributed by atoms with E-state index < -0.39 is 0 Å². The minimum Gasteiger partial charge on any atom is -0.479 e. The summed E-state index contributed by atoms with van der Waals surface area (Å²) in [6.45, 7) is 8.76. The molecule has 0 aromatic rings. The molecule has 4 fully saturated rings. The molecule has 4 rings (SSSR count). The Labute approximate surface area is 189 Å². The van der Waals surface area contributed by atoms with Crippen molar-refractivity contribution in [1.29, 1.82) is 0 Å². The average Bonchev–Trinajstić information content (AvgIpc) is 3.07. The molecule has 0 bridgehead atoms. The lowest BCUT2D eigenvalue weighted by Crippen LogP contribution is -2.53. The van der Waals surface area contributed by atoms with Crippen LogP contribution in [0.5, 0.6) is 0 Å². The quantitative estimate of drug-likeness (QED) is 0.318. The van der Waals surface area contributed by atoms with E-state index in [2.05, 4.69) is 20.8 Å². The van der Waals surface area contributed by atoms with E-state index in [0.29, 0.717) is 15.2 Å². The van der Waals surface area contributed by atoms with Crippen LogP contribution in [-0.4, -0.2) is 17.2 Å². The molecule has 4 saturated carbocycles. The molecular weight excluding hydrogens is 392 g/mol. The molecule has 0 radical (unpaired) electrons. The molecule has 3 heteroatoms. The molecule has 0 heterocycles. The van der Waals surface area contributed by atoms with Crippen LogP contribution in [0.2, 0.25) is 0 Å². The van der Waals surface area contributed by atoms with E-state index in [4.69, 9.17) is 17.0 Å². The topological polar surface area (TPSA) is 9.23 Å². The molecular formula is C26H44OS2. The van der Waals surface area contributed by atoms with Gasteiger partial charge in [-0.15, -0.1) is 0 Å². The van der Waals surface area contributed by atoms with Gasteiger partial charge in [0.25, 0.3) is 0 Å². The molecule has 0 aromatic heterocycles. The number of fused-ring (bicyclic) bond motifs is 5. The molecule has 29 heavy (non-hydrogen) atoms. The van der Waals surface area contributed by atoms with Gasteiger partial charge in [-0.05, 0) is 129 Å². The maximum atomic E-state index is 5.66. The molecule has 0 N–H and O–H groups in total. The Hall–Kier alpha value is 0.240. The molecule has 4 aliphatic carbocycles. The second-order valence-electron chi connectivity index (χ2n) is 11.6. The van der Waals surface area contributed by atoms with Crippen LogP contribution in [0, 0.1) is 46.3 Å².